The summed E-state index contributed by atoms with van der Waals surface area (Å²) in [6.45, 7) is 9.52. The molecule has 0 heterocycles. The van der Waals surface area contributed by atoms with Crippen LogP contribution in [0.1, 0.15) is 46.5 Å². The first-order valence-corrected chi connectivity index (χ1v) is 9.49. The number of nitrogens with one attached hydrogen (secondary N) is 3. The fourth-order valence-electron chi connectivity index (χ4n) is 2.95. The van der Waals surface area contributed by atoms with E-state index in [1.165, 1.54) is 12.8 Å². The average Bonchev–Trinajstić information content (AvgIpc) is 3.39. The first-order valence-electron chi connectivity index (χ1n) is 9.49. The molecule has 0 aromatic heterocycles. The fourth-order valence-corrected chi connectivity index (χ4v) is 2.95. The summed E-state index contributed by atoms with van der Waals surface area (Å²) < 4.78 is 0. The Hall–Kier alpha value is -1.30. The Morgan fingerprint density at radius 2 is 1.71 bits per heavy atom. The Morgan fingerprint density at radius 3 is 2.21 bits per heavy atom. The number of hydrogen-bond acceptors (Lipinski definition) is 3. The topological polar surface area (TPSA) is 68.8 Å². The van der Waals surface area contributed by atoms with Crippen LogP contribution in [0.3, 0.4) is 0 Å². The maximum Gasteiger partial charge on any atom is 0.223 e. The molecule has 1 aliphatic rings. The van der Waals surface area contributed by atoms with Crippen molar-refractivity contribution in [3.63, 3.8) is 0 Å². The molecule has 1 atom stereocenters. The summed E-state index contributed by atoms with van der Waals surface area (Å²) in [5, 5.41) is 9.56. The summed E-state index contributed by atoms with van der Waals surface area (Å²) in [6, 6.07) is 0.449. The normalized spacial score (nSPS) is 16.4. The van der Waals surface area contributed by atoms with Crippen LogP contribution in [0.15, 0.2) is 4.99 Å². The van der Waals surface area contributed by atoms with Crippen LogP contribution in [0.25, 0.3) is 0 Å². The van der Waals surface area contributed by atoms with Crippen LogP contribution >= 0.6 is 0 Å². The van der Waals surface area contributed by atoms with Crippen molar-refractivity contribution in [1.82, 2.24) is 20.9 Å². The van der Waals surface area contributed by atoms with Crippen LogP contribution in [0, 0.1) is 11.8 Å². The van der Waals surface area contributed by atoms with Crippen molar-refractivity contribution in [2.24, 2.45) is 16.8 Å². The van der Waals surface area contributed by atoms with E-state index in [0.29, 0.717) is 25.0 Å². The van der Waals surface area contributed by atoms with Gasteiger partial charge < -0.3 is 20.9 Å². The number of nitrogens with zero attached hydrogens (tertiary/aromatic N) is 2. The molecule has 0 radical (unpaired) electrons. The van der Waals surface area contributed by atoms with Crippen molar-refractivity contribution >= 4 is 11.9 Å². The van der Waals surface area contributed by atoms with E-state index in [9.17, 15) is 4.79 Å². The largest absolute Gasteiger partial charge is 0.357 e. The zero-order valence-electron chi connectivity index (χ0n) is 16.2. The van der Waals surface area contributed by atoms with Gasteiger partial charge in [-0.3, -0.25) is 9.79 Å². The monoisotopic (exact) mass is 339 g/mol. The maximum atomic E-state index is 11.6. The van der Waals surface area contributed by atoms with Crippen LogP contribution in [-0.4, -0.2) is 63.1 Å². The van der Waals surface area contributed by atoms with Gasteiger partial charge in [0.15, 0.2) is 5.96 Å². The molecule has 1 rings (SSSR count). The molecule has 1 saturated carbocycles. The van der Waals surface area contributed by atoms with Gasteiger partial charge in [-0.1, -0.05) is 26.7 Å². The lowest BCUT2D eigenvalue weighted by atomic mass is 9.93. The zero-order chi connectivity index (χ0) is 17.9. The summed E-state index contributed by atoms with van der Waals surface area (Å²) in [7, 11) is 4.26. The zero-order valence-corrected chi connectivity index (χ0v) is 16.2. The lowest BCUT2D eigenvalue weighted by Gasteiger charge is -2.30. The lowest BCUT2D eigenvalue weighted by Crippen LogP contribution is -2.43. The number of aliphatic imine (C=N–C) groups is 1. The number of amides is 1. The number of carbonyl (C=O) groups excluding carboxylic acids is 1. The molecule has 0 spiro atoms. The molecule has 0 saturated heterocycles. The highest BCUT2D eigenvalue weighted by Gasteiger charge is 2.29. The molecular formula is C18H37N5O. The quantitative estimate of drug-likeness (QED) is 0.303. The molecule has 6 heteroatoms. The molecule has 24 heavy (non-hydrogen) atoms. The molecule has 1 amide bonds. The van der Waals surface area contributed by atoms with E-state index in [4.69, 9.17) is 4.99 Å². The van der Waals surface area contributed by atoms with Gasteiger partial charge in [-0.2, -0.15) is 0 Å². The number of hydrogen-bond donors (Lipinski definition) is 3. The Morgan fingerprint density at radius 1 is 1.08 bits per heavy atom. The van der Waals surface area contributed by atoms with Crippen molar-refractivity contribution in [2.45, 2.75) is 52.5 Å². The van der Waals surface area contributed by atoms with E-state index < -0.39 is 0 Å². The summed E-state index contributed by atoms with van der Waals surface area (Å²) in [6.07, 6.45) is 4.44. The van der Waals surface area contributed by atoms with E-state index in [-0.39, 0.29) is 11.8 Å². The highest BCUT2D eigenvalue weighted by atomic mass is 16.2. The minimum absolute atomic E-state index is 0.195. The predicted octanol–water partition coefficient (Wildman–Crippen LogP) is 1.43. The number of carbonyl (C=O) groups is 1. The predicted molar refractivity (Wildman–Crippen MR) is 101 cm³/mol. The third kappa shape index (κ3) is 7.51. The van der Waals surface area contributed by atoms with E-state index >= 15 is 0 Å². The van der Waals surface area contributed by atoms with Crippen LogP contribution in [0.2, 0.25) is 0 Å². The molecule has 3 N–H and O–H groups in total. The van der Waals surface area contributed by atoms with Crippen LogP contribution in [-0.2, 0) is 4.79 Å². The SMILES string of the molecule is CCNC(=NCC(C(CC)CC)N(C)C)NCCNC(=O)C1CC1. The van der Waals surface area contributed by atoms with E-state index in [2.05, 4.69) is 55.7 Å². The maximum absolute atomic E-state index is 11.6. The summed E-state index contributed by atoms with van der Waals surface area (Å²) in [5.41, 5.74) is 0. The van der Waals surface area contributed by atoms with E-state index in [1.807, 2.05) is 0 Å². The third-order valence-electron chi connectivity index (χ3n) is 4.70. The Balaban J connectivity index is 2.44. The van der Waals surface area contributed by atoms with Crippen molar-refractivity contribution in [1.29, 1.82) is 0 Å². The third-order valence-corrected chi connectivity index (χ3v) is 4.70. The Bertz CT molecular complexity index is 389. The van der Waals surface area contributed by atoms with Gasteiger partial charge in [0.05, 0.1) is 6.54 Å². The number of rotatable bonds is 11. The molecule has 140 valence electrons. The smallest absolute Gasteiger partial charge is 0.223 e. The highest BCUT2D eigenvalue weighted by molar-refractivity contribution is 5.81. The van der Waals surface area contributed by atoms with Gasteiger partial charge >= 0.3 is 0 Å². The molecule has 1 unspecified atom stereocenters. The van der Waals surface area contributed by atoms with Gasteiger partial charge in [0, 0.05) is 31.6 Å². The molecular weight excluding hydrogens is 302 g/mol. The molecule has 1 aliphatic carbocycles. The molecule has 1 fully saturated rings. The molecule has 0 bridgehead atoms. The van der Waals surface area contributed by atoms with Gasteiger partial charge in [0.2, 0.25) is 5.91 Å². The van der Waals surface area contributed by atoms with Gasteiger partial charge in [0.1, 0.15) is 0 Å². The van der Waals surface area contributed by atoms with Crippen LogP contribution in [0.5, 0.6) is 0 Å². The van der Waals surface area contributed by atoms with Crippen molar-refractivity contribution < 1.29 is 4.79 Å². The van der Waals surface area contributed by atoms with Crippen molar-refractivity contribution in [2.75, 3.05) is 40.3 Å². The minimum Gasteiger partial charge on any atom is -0.357 e. The van der Waals surface area contributed by atoms with Crippen LogP contribution in [0.4, 0.5) is 0 Å². The summed E-state index contributed by atoms with van der Waals surface area (Å²) >= 11 is 0. The Kier molecular flexibility index (Phi) is 9.76. The fraction of sp³-hybridized carbons (Fsp3) is 0.889. The highest BCUT2D eigenvalue weighted by Crippen LogP contribution is 2.28. The molecule has 0 aromatic carbocycles. The second kappa shape index (κ2) is 11.3. The average molecular weight is 340 g/mol. The first-order chi connectivity index (χ1) is 11.5. The van der Waals surface area contributed by atoms with E-state index in [1.54, 1.807) is 0 Å². The minimum atomic E-state index is 0.195. The molecule has 0 aromatic rings. The molecule has 0 aliphatic heterocycles. The molecule has 6 nitrogen and oxygen atoms in total. The van der Waals surface area contributed by atoms with Gasteiger partial charge in [0.25, 0.3) is 0 Å². The number of likely N-dealkylation sites (N-methyl/N-ethyl adjacent to an activating group) is 1. The van der Waals surface area contributed by atoms with E-state index in [0.717, 1.165) is 31.9 Å². The van der Waals surface area contributed by atoms with Gasteiger partial charge in [-0.25, -0.2) is 0 Å². The van der Waals surface area contributed by atoms with Crippen molar-refractivity contribution in [3.05, 3.63) is 0 Å². The number of guanidine groups is 1. The summed E-state index contributed by atoms with van der Waals surface area (Å²) in [4.78, 5) is 18.7. The van der Waals surface area contributed by atoms with Crippen molar-refractivity contribution in [3.8, 4) is 0 Å². The Labute approximate surface area is 147 Å². The standard InChI is InChI=1S/C18H37N5O/c1-6-14(7-2)16(23(4)5)13-22-18(19-8-3)21-12-11-20-17(24)15-9-10-15/h14-16H,6-13H2,1-5H3,(H,20,24)(H2,19,21,22). The summed E-state index contributed by atoms with van der Waals surface area (Å²) in [5.74, 6) is 1.95. The first kappa shape index (κ1) is 20.7. The lowest BCUT2D eigenvalue weighted by molar-refractivity contribution is -0.122. The van der Waals surface area contributed by atoms with Gasteiger partial charge in [-0.05, 0) is 39.8 Å². The van der Waals surface area contributed by atoms with Gasteiger partial charge in [-0.15, -0.1) is 0 Å². The second-order valence-electron chi connectivity index (χ2n) is 6.82. The second-order valence-corrected chi connectivity index (χ2v) is 6.82. The van der Waals surface area contributed by atoms with Crippen LogP contribution < -0.4 is 16.0 Å².